The van der Waals surface area contributed by atoms with E-state index in [9.17, 15) is 9.59 Å². The number of methoxy groups -OCH3 is 1. The summed E-state index contributed by atoms with van der Waals surface area (Å²) in [5, 5.41) is 0. The normalized spacial score (nSPS) is 29.6. The maximum absolute atomic E-state index is 12.8. The van der Waals surface area contributed by atoms with Crippen LogP contribution in [0.1, 0.15) is 30.0 Å². The molecule has 1 aliphatic heterocycles. The number of amides is 2. The number of carbonyl (C=O) groups is 2. The molecule has 1 heterocycles. The summed E-state index contributed by atoms with van der Waals surface area (Å²) in [5.74, 6) is -0.656. The number of primary amides is 1. The standard InChI is InChI=1S/C17H23N3O3/c1-23-17(10-18)8-12(9-17)16(22)20-7-6-11-4-2-3-5-13(11)14(20)15(19)21/h2-5,12,14H,6-10,18H2,1H3,(H2,19,21). The molecular weight excluding hydrogens is 294 g/mol. The number of nitrogens with zero attached hydrogens (tertiary/aromatic N) is 1. The van der Waals surface area contributed by atoms with Gasteiger partial charge < -0.3 is 21.1 Å². The zero-order valence-corrected chi connectivity index (χ0v) is 13.3. The van der Waals surface area contributed by atoms with Crippen molar-refractivity contribution < 1.29 is 14.3 Å². The van der Waals surface area contributed by atoms with Crippen molar-refractivity contribution in [1.29, 1.82) is 0 Å². The highest BCUT2D eigenvalue weighted by atomic mass is 16.5. The molecule has 3 rings (SSSR count). The van der Waals surface area contributed by atoms with Crippen LogP contribution in [0, 0.1) is 5.92 Å². The molecule has 1 aliphatic carbocycles. The number of rotatable bonds is 4. The highest BCUT2D eigenvalue weighted by molar-refractivity contribution is 5.90. The highest BCUT2D eigenvalue weighted by Gasteiger charge is 2.49. The second kappa shape index (κ2) is 5.94. The number of carbonyl (C=O) groups excluding carboxylic acids is 2. The number of ether oxygens (including phenoxy) is 1. The largest absolute Gasteiger partial charge is 0.377 e. The molecule has 1 fully saturated rings. The van der Waals surface area contributed by atoms with Gasteiger partial charge in [0, 0.05) is 26.1 Å². The van der Waals surface area contributed by atoms with E-state index < -0.39 is 17.6 Å². The van der Waals surface area contributed by atoms with Crippen LogP contribution >= 0.6 is 0 Å². The van der Waals surface area contributed by atoms with Gasteiger partial charge in [0.05, 0.1) is 5.60 Å². The summed E-state index contributed by atoms with van der Waals surface area (Å²) in [4.78, 5) is 26.5. The van der Waals surface area contributed by atoms with Gasteiger partial charge in [-0.2, -0.15) is 0 Å². The van der Waals surface area contributed by atoms with Gasteiger partial charge in [-0.15, -0.1) is 0 Å². The molecule has 1 aromatic carbocycles. The number of benzene rings is 1. The lowest BCUT2D eigenvalue weighted by Crippen LogP contribution is -2.57. The van der Waals surface area contributed by atoms with Crippen molar-refractivity contribution in [3.63, 3.8) is 0 Å². The van der Waals surface area contributed by atoms with E-state index in [4.69, 9.17) is 16.2 Å². The van der Waals surface area contributed by atoms with Crippen LogP contribution < -0.4 is 11.5 Å². The van der Waals surface area contributed by atoms with E-state index in [1.54, 1.807) is 12.0 Å². The van der Waals surface area contributed by atoms with Crippen molar-refractivity contribution in [2.24, 2.45) is 17.4 Å². The molecule has 23 heavy (non-hydrogen) atoms. The van der Waals surface area contributed by atoms with Gasteiger partial charge in [0.1, 0.15) is 6.04 Å². The monoisotopic (exact) mass is 317 g/mol. The number of hydrogen-bond donors (Lipinski definition) is 2. The summed E-state index contributed by atoms with van der Waals surface area (Å²) in [5.41, 5.74) is 12.9. The lowest BCUT2D eigenvalue weighted by molar-refractivity contribution is -0.159. The molecule has 1 saturated carbocycles. The molecule has 6 heteroatoms. The molecule has 124 valence electrons. The average Bonchev–Trinajstić information content (AvgIpc) is 2.53. The van der Waals surface area contributed by atoms with Gasteiger partial charge in [0.25, 0.3) is 0 Å². The summed E-state index contributed by atoms with van der Waals surface area (Å²) < 4.78 is 5.43. The van der Waals surface area contributed by atoms with Crippen molar-refractivity contribution in [2.45, 2.75) is 30.9 Å². The molecule has 0 spiro atoms. The first-order valence-corrected chi connectivity index (χ1v) is 7.94. The molecule has 0 bridgehead atoms. The Morgan fingerprint density at radius 1 is 1.35 bits per heavy atom. The second-order valence-corrected chi connectivity index (χ2v) is 6.48. The lowest BCUT2D eigenvalue weighted by atomic mass is 9.69. The lowest BCUT2D eigenvalue weighted by Gasteiger charge is -2.47. The molecule has 2 aliphatic rings. The predicted octanol–water partition coefficient (Wildman–Crippen LogP) is 0.352. The fourth-order valence-corrected chi connectivity index (χ4v) is 3.77. The molecular formula is C17H23N3O3. The molecule has 4 N–H and O–H groups in total. The van der Waals surface area contributed by atoms with E-state index in [0.29, 0.717) is 25.9 Å². The highest BCUT2D eigenvalue weighted by Crippen LogP contribution is 2.42. The smallest absolute Gasteiger partial charge is 0.244 e. The van der Waals surface area contributed by atoms with Crippen LogP contribution in [-0.2, 0) is 20.7 Å². The summed E-state index contributed by atoms with van der Waals surface area (Å²) in [6, 6.07) is 7.00. The van der Waals surface area contributed by atoms with Gasteiger partial charge in [-0.1, -0.05) is 24.3 Å². The third-order valence-electron chi connectivity index (χ3n) is 5.23. The molecule has 1 aromatic rings. The Morgan fingerprint density at radius 2 is 2.04 bits per heavy atom. The van der Waals surface area contributed by atoms with Crippen LogP contribution in [0.5, 0.6) is 0 Å². The van der Waals surface area contributed by atoms with Gasteiger partial charge in [-0.05, 0) is 30.4 Å². The Bertz CT molecular complexity index is 619. The summed E-state index contributed by atoms with van der Waals surface area (Å²) in [7, 11) is 1.62. The minimum atomic E-state index is -0.678. The molecule has 1 atom stereocenters. The third kappa shape index (κ3) is 2.62. The minimum Gasteiger partial charge on any atom is -0.377 e. The molecule has 0 aromatic heterocycles. The Hall–Kier alpha value is -1.92. The Morgan fingerprint density at radius 3 is 2.65 bits per heavy atom. The molecule has 1 unspecified atom stereocenters. The molecule has 2 amide bonds. The summed E-state index contributed by atoms with van der Waals surface area (Å²) >= 11 is 0. The van der Waals surface area contributed by atoms with Crippen LogP contribution in [0.4, 0.5) is 0 Å². The van der Waals surface area contributed by atoms with Gasteiger partial charge in [0.15, 0.2) is 0 Å². The van der Waals surface area contributed by atoms with Crippen LogP contribution in [-0.4, -0.2) is 42.5 Å². The van der Waals surface area contributed by atoms with Crippen molar-refractivity contribution in [2.75, 3.05) is 20.2 Å². The Labute approximate surface area is 135 Å². The molecule has 0 radical (unpaired) electrons. The zero-order valence-electron chi connectivity index (χ0n) is 13.3. The van der Waals surface area contributed by atoms with Gasteiger partial charge in [-0.3, -0.25) is 9.59 Å². The summed E-state index contributed by atoms with van der Waals surface area (Å²) in [6.07, 6.45) is 1.94. The SMILES string of the molecule is COC1(CN)CC(C(=O)N2CCc3ccccc3C2C(N)=O)C1. The summed E-state index contributed by atoms with van der Waals surface area (Å²) in [6.45, 7) is 0.915. The van der Waals surface area contributed by atoms with Gasteiger partial charge in [-0.25, -0.2) is 0 Å². The number of nitrogens with two attached hydrogens (primary N) is 2. The maximum Gasteiger partial charge on any atom is 0.244 e. The number of hydrogen-bond acceptors (Lipinski definition) is 4. The van der Waals surface area contributed by atoms with E-state index in [1.165, 1.54) is 0 Å². The van der Waals surface area contributed by atoms with Crippen molar-refractivity contribution >= 4 is 11.8 Å². The minimum absolute atomic E-state index is 0.0237. The van der Waals surface area contributed by atoms with Crippen LogP contribution in [0.2, 0.25) is 0 Å². The fourth-order valence-electron chi connectivity index (χ4n) is 3.77. The second-order valence-electron chi connectivity index (χ2n) is 6.48. The molecule has 0 saturated heterocycles. The van der Waals surface area contributed by atoms with Crippen molar-refractivity contribution in [1.82, 2.24) is 4.90 Å². The molecule has 6 nitrogen and oxygen atoms in total. The number of fused-ring (bicyclic) bond motifs is 1. The Balaban J connectivity index is 1.80. The van der Waals surface area contributed by atoms with Crippen LogP contribution in [0.15, 0.2) is 24.3 Å². The van der Waals surface area contributed by atoms with Crippen LogP contribution in [0.3, 0.4) is 0 Å². The van der Waals surface area contributed by atoms with Gasteiger partial charge in [0.2, 0.25) is 11.8 Å². The topological polar surface area (TPSA) is 98.7 Å². The maximum atomic E-state index is 12.8. The Kier molecular flexibility index (Phi) is 4.12. The van der Waals surface area contributed by atoms with Gasteiger partial charge >= 0.3 is 0 Å². The van der Waals surface area contributed by atoms with E-state index >= 15 is 0 Å². The first-order valence-electron chi connectivity index (χ1n) is 7.94. The van der Waals surface area contributed by atoms with Crippen molar-refractivity contribution in [3.8, 4) is 0 Å². The van der Waals surface area contributed by atoms with E-state index in [-0.39, 0.29) is 11.8 Å². The first-order chi connectivity index (χ1) is 11.0. The average molecular weight is 317 g/mol. The van der Waals surface area contributed by atoms with E-state index in [0.717, 1.165) is 17.5 Å². The fraction of sp³-hybridized carbons (Fsp3) is 0.529. The first kappa shape index (κ1) is 16.0. The predicted molar refractivity (Wildman–Crippen MR) is 85.3 cm³/mol. The third-order valence-corrected chi connectivity index (χ3v) is 5.23. The van der Waals surface area contributed by atoms with E-state index in [1.807, 2.05) is 24.3 Å². The van der Waals surface area contributed by atoms with Crippen LogP contribution in [0.25, 0.3) is 0 Å². The quantitative estimate of drug-likeness (QED) is 0.837. The van der Waals surface area contributed by atoms with E-state index in [2.05, 4.69) is 0 Å². The van der Waals surface area contributed by atoms with Crippen molar-refractivity contribution in [3.05, 3.63) is 35.4 Å². The zero-order chi connectivity index (χ0) is 16.6.